The molecule has 7 heteroatoms. The van der Waals surface area contributed by atoms with Gasteiger partial charge in [0.05, 0.1) is 5.41 Å². The summed E-state index contributed by atoms with van der Waals surface area (Å²) in [7, 11) is 3.62. The van der Waals surface area contributed by atoms with Crippen molar-refractivity contribution in [2.24, 2.45) is 16.7 Å². The summed E-state index contributed by atoms with van der Waals surface area (Å²) in [6, 6.07) is 7.03. The van der Waals surface area contributed by atoms with Crippen LogP contribution in [-0.4, -0.2) is 72.7 Å². The standard InChI is InChI=1S/C23H30ClN3O3/c1-16(28)27-14-19-22(8-9-23(19,15-27)21(30)25(2)3)10-12-26(13-11-22)20(29)17-4-6-18(24)7-5-17/h4-7,19H,8-15H2,1-3H3/t19-,23+/m0/s1. The number of nitrogens with zero attached hydrogens (tertiary/aromatic N) is 3. The van der Waals surface area contributed by atoms with Crippen molar-refractivity contribution in [3.8, 4) is 0 Å². The normalized spacial score (nSPS) is 27.3. The first-order chi connectivity index (χ1) is 14.2. The van der Waals surface area contributed by atoms with Crippen LogP contribution in [0.3, 0.4) is 0 Å². The summed E-state index contributed by atoms with van der Waals surface area (Å²) in [4.78, 5) is 43.8. The van der Waals surface area contributed by atoms with Crippen molar-refractivity contribution in [1.82, 2.24) is 14.7 Å². The number of carbonyl (C=O) groups is 3. The van der Waals surface area contributed by atoms with E-state index < -0.39 is 5.41 Å². The second-order valence-electron chi connectivity index (χ2n) is 9.47. The summed E-state index contributed by atoms with van der Waals surface area (Å²) in [5, 5.41) is 0.619. The van der Waals surface area contributed by atoms with Gasteiger partial charge in [0.1, 0.15) is 0 Å². The maximum absolute atomic E-state index is 13.2. The number of hydrogen-bond acceptors (Lipinski definition) is 3. The van der Waals surface area contributed by atoms with Crippen LogP contribution < -0.4 is 0 Å². The maximum Gasteiger partial charge on any atom is 0.253 e. The smallest absolute Gasteiger partial charge is 0.253 e. The molecule has 2 heterocycles. The Balaban J connectivity index is 1.53. The molecule has 3 aliphatic rings. The first kappa shape index (κ1) is 21.2. The topological polar surface area (TPSA) is 60.9 Å². The van der Waals surface area contributed by atoms with Crippen LogP contribution in [0.5, 0.6) is 0 Å². The average molecular weight is 432 g/mol. The predicted molar refractivity (Wildman–Crippen MR) is 115 cm³/mol. The Kier molecular flexibility index (Phi) is 5.33. The lowest BCUT2D eigenvalue weighted by Crippen LogP contribution is -2.49. The van der Waals surface area contributed by atoms with Crippen LogP contribution >= 0.6 is 11.6 Å². The zero-order valence-corrected chi connectivity index (χ0v) is 18.7. The van der Waals surface area contributed by atoms with E-state index in [0.717, 1.165) is 25.7 Å². The largest absolute Gasteiger partial charge is 0.348 e. The summed E-state index contributed by atoms with van der Waals surface area (Å²) in [6.07, 6.45) is 3.58. The monoisotopic (exact) mass is 431 g/mol. The van der Waals surface area contributed by atoms with Crippen molar-refractivity contribution >= 4 is 29.3 Å². The van der Waals surface area contributed by atoms with E-state index in [4.69, 9.17) is 11.6 Å². The molecule has 2 saturated heterocycles. The van der Waals surface area contributed by atoms with E-state index in [-0.39, 0.29) is 29.1 Å². The molecule has 1 saturated carbocycles. The Hall–Kier alpha value is -2.08. The maximum atomic E-state index is 13.2. The minimum Gasteiger partial charge on any atom is -0.348 e. The third-order valence-corrected chi connectivity index (χ3v) is 8.02. The van der Waals surface area contributed by atoms with E-state index >= 15 is 0 Å². The lowest BCUT2D eigenvalue weighted by atomic mass is 9.65. The molecule has 30 heavy (non-hydrogen) atoms. The molecule has 4 rings (SSSR count). The molecule has 1 spiro atoms. The van der Waals surface area contributed by atoms with E-state index in [9.17, 15) is 14.4 Å². The number of likely N-dealkylation sites (tertiary alicyclic amines) is 2. The van der Waals surface area contributed by atoms with E-state index in [1.54, 1.807) is 36.1 Å². The van der Waals surface area contributed by atoms with Crippen molar-refractivity contribution in [3.63, 3.8) is 0 Å². The number of halogens is 1. The third-order valence-electron chi connectivity index (χ3n) is 7.77. The van der Waals surface area contributed by atoms with Crippen LogP contribution in [0.25, 0.3) is 0 Å². The summed E-state index contributed by atoms with van der Waals surface area (Å²) in [5.41, 5.74) is 0.201. The zero-order chi connectivity index (χ0) is 21.7. The first-order valence-electron chi connectivity index (χ1n) is 10.7. The van der Waals surface area contributed by atoms with Crippen LogP contribution in [0.2, 0.25) is 5.02 Å². The van der Waals surface area contributed by atoms with Gasteiger partial charge in [-0.25, -0.2) is 0 Å². The molecular formula is C23H30ClN3O3. The van der Waals surface area contributed by atoms with Gasteiger partial charge >= 0.3 is 0 Å². The van der Waals surface area contributed by atoms with Crippen LogP contribution in [0, 0.1) is 16.7 Å². The highest BCUT2D eigenvalue weighted by molar-refractivity contribution is 6.30. The van der Waals surface area contributed by atoms with E-state index in [1.165, 1.54) is 0 Å². The molecule has 0 N–H and O–H groups in total. The number of piperidine rings is 1. The highest BCUT2D eigenvalue weighted by Crippen LogP contribution is 2.62. The summed E-state index contributed by atoms with van der Waals surface area (Å²) >= 11 is 5.95. The lowest BCUT2D eigenvalue weighted by molar-refractivity contribution is -0.141. The Morgan fingerprint density at radius 2 is 1.63 bits per heavy atom. The van der Waals surface area contributed by atoms with Gasteiger partial charge in [-0.15, -0.1) is 0 Å². The van der Waals surface area contributed by atoms with Crippen molar-refractivity contribution < 1.29 is 14.4 Å². The molecule has 0 aromatic heterocycles. The number of benzene rings is 1. The summed E-state index contributed by atoms with van der Waals surface area (Å²) in [6.45, 7) is 4.14. The van der Waals surface area contributed by atoms with Gasteiger partial charge in [0.15, 0.2) is 0 Å². The van der Waals surface area contributed by atoms with Gasteiger partial charge in [-0.1, -0.05) is 11.6 Å². The molecule has 2 aliphatic heterocycles. The van der Waals surface area contributed by atoms with Gasteiger partial charge < -0.3 is 14.7 Å². The molecular weight excluding hydrogens is 402 g/mol. The first-order valence-corrected chi connectivity index (χ1v) is 11.1. The number of hydrogen-bond donors (Lipinski definition) is 0. The quantitative estimate of drug-likeness (QED) is 0.723. The van der Waals surface area contributed by atoms with Crippen LogP contribution in [0.1, 0.15) is 43.0 Å². The lowest BCUT2D eigenvalue weighted by Gasteiger charge is -2.44. The van der Waals surface area contributed by atoms with Gasteiger partial charge in [-0.05, 0) is 61.3 Å². The Morgan fingerprint density at radius 1 is 1.00 bits per heavy atom. The van der Waals surface area contributed by atoms with Crippen LogP contribution in [-0.2, 0) is 9.59 Å². The molecule has 0 radical (unpaired) electrons. The van der Waals surface area contributed by atoms with E-state index in [2.05, 4.69) is 0 Å². The molecule has 3 fully saturated rings. The molecule has 1 aliphatic carbocycles. The van der Waals surface area contributed by atoms with Gasteiger partial charge in [0, 0.05) is 57.8 Å². The van der Waals surface area contributed by atoms with Crippen molar-refractivity contribution in [3.05, 3.63) is 34.9 Å². The van der Waals surface area contributed by atoms with Crippen molar-refractivity contribution in [2.45, 2.75) is 32.6 Å². The molecule has 6 nitrogen and oxygen atoms in total. The van der Waals surface area contributed by atoms with Gasteiger partial charge in [0.25, 0.3) is 5.91 Å². The third kappa shape index (κ3) is 3.29. The summed E-state index contributed by atoms with van der Waals surface area (Å²) < 4.78 is 0. The fraction of sp³-hybridized carbons (Fsp3) is 0.609. The fourth-order valence-electron chi connectivity index (χ4n) is 6.13. The van der Waals surface area contributed by atoms with E-state index in [1.807, 2.05) is 23.9 Å². The molecule has 1 aromatic rings. The summed E-state index contributed by atoms with van der Waals surface area (Å²) in [5.74, 6) is 0.386. The second kappa shape index (κ2) is 7.56. The molecule has 3 amide bonds. The molecule has 0 unspecified atom stereocenters. The number of carbonyl (C=O) groups excluding carboxylic acids is 3. The molecule has 0 bridgehead atoms. The van der Waals surface area contributed by atoms with Gasteiger partial charge in [-0.3, -0.25) is 14.4 Å². The average Bonchev–Trinajstić information content (AvgIpc) is 3.26. The second-order valence-corrected chi connectivity index (χ2v) is 9.91. The Labute approximate surface area is 183 Å². The predicted octanol–water partition coefficient (Wildman–Crippen LogP) is 2.91. The molecule has 162 valence electrons. The number of rotatable bonds is 2. The Bertz CT molecular complexity index is 861. The van der Waals surface area contributed by atoms with Gasteiger partial charge in [0.2, 0.25) is 11.8 Å². The fourth-order valence-corrected chi connectivity index (χ4v) is 6.25. The van der Waals surface area contributed by atoms with Gasteiger partial charge in [-0.2, -0.15) is 0 Å². The minimum absolute atomic E-state index is 0.0205. The minimum atomic E-state index is -0.475. The Morgan fingerprint density at radius 3 is 2.20 bits per heavy atom. The number of amides is 3. The van der Waals surface area contributed by atoms with Crippen LogP contribution in [0.15, 0.2) is 24.3 Å². The highest BCUT2D eigenvalue weighted by Gasteiger charge is 2.65. The van der Waals surface area contributed by atoms with Crippen LogP contribution in [0.4, 0.5) is 0 Å². The highest BCUT2D eigenvalue weighted by atomic mass is 35.5. The van der Waals surface area contributed by atoms with Crippen molar-refractivity contribution in [1.29, 1.82) is 0 Å². The van der Waals surface area contributed by atoms with Crippen molar-refractivity contribution in [2.75, 3.05) is 40.3 Å². The molecule has 2 atom stereocenters. The number of fused-ring (bicyclic) bond motifs is 2. The zero-order valence-electron chi connectivity index (χ0n) is 18.0. The molecule has 1 aromatic carbocycles. The SMILES string of the molecule is CC(=O)N1C[C@H]2C3(CCN(C(=O)c4ccc(Cl)cc4)CC3)CC[C@@]2(C(=O)N(C)C)C1. The van der Waals surface area contributed by atoms with E-state index in [0.29, 0.717) is 36.8 Å².